The molecule has 2 N–H and O–H groups in total. The van der Waals surface area contributed by atoms with Gasteiger partial charge in [-0.2, -0.15) is 0 Å². The van der Waals surface area contributed by atoms with Crippen LogP contribution in [0.5, 0.6) is 0 Å². The molecular weight excluding hydrogens is 158 g/mol. The van der Waals surface area contributed by atoms with Gasteiger partial charge in [0.25, 0.3) is 0 Å². The minimum absolute atomic E-state index is 0.852. The fraction of sp³-hybridized carbons (Fsp3) is 0.500. The van der Waals surface area contributed by atoms with Gasteiger partial charge in [0.2, 0.25) is 0 Å². The molecule has 0 aliphatic carbocycles. The van der Waals surface area contributed by atoms with Crippen molar-refractivity contribution in [3.8, 4) is 0 Å². The molecule has 0 bridgehead atoms. The average Bonchev–Trinajstić information content (AvgIpc) is 2.20. The second-order valence-electron chi connectivity index (χ2n) is 2.85. The van der Waals surface area contributed by atoms with Crippen molar-refractivity contribution in [3.05, 3.63) is 29.8 Å². The first-order valence-electron chi connectivity index (χ1n) is 5.17. The molecule has 1 heteroatoms. The van der Waals surface area contributed by atoms with Crippen molar-refractivity contribution < 1.29 is 0 Å². The minimum Gasteiger partial charge on any atom is -0.399 e. The molecule has 0 radical (unpaired) electrons. The maximum absolute atomic E-state index is 5.56. The molecule has 0 unspecified atom stereocenters. The summed E-state index contributed by atoms with van der Waals surface area (Å²) in [6.07, 6.45) is 3.70. The summed E-state index contributed by atoms with van der Waals surface area (Å²) in [4.78, 5) is 0. The van der Waals surface area contributed by atoms with Crippen molar-refractivity contribution in [3.63, 3.8) is 0 Å². The number of rotatable bonds is 3. The smallest absolute Gasteiger partial charge is 0.0314 e. The van der Waals surface area contributed by atoms with Crippen molar-refractivity contribution in [2.45, 2.75) is 40.0 Å². The number of nitrogens with two attached hydrogens (primary N) is 1. The van der Waals surface area contributed by atoms with Gasteiger partial charge >= 0.3 is 0 Å². The molecule has 0 aliphatic rings. The molecule has 0 fully saturated rings. The third-order valence-electron chi connectivity index (χ3n) is 1.80. The molecule has 1 aromatic carbocycles. The summed E-state index contributed by atoms with van der Waals surface area (Å²) >= 11 is 0. The topological polar surface area (TPSA) is 26.0 Å². The van der Waals surface area contributed by atoms with Crippen LogP contribution in [0, 0.1) is 0 Å². The first kappa shape index (κ1) is 12.0. The number of nitrogen functional groups attached to an aromatic ring is 1. The van der Waals surface area contributed by atoms with Gasteiger partial charge < -0.3 is 5.73 Å². The first-order chi connectivity index (χ1) is 6.33. The van der Waals surface area contributed by atoms with E-state index in [-0.39, 0.29) is 0 Å². The van der Waals surface area contributed by atoms with E-state index in [4.69, 9.17) is 5.73 Å². The van der Waals surface area contributed by atoms with E-state index >= 15 is 0 Å². The van der Waals surface area contributed by atoms with Crippen LogP contribution < -0.4 is 5.73 Å². The van der Waals surface area contributed by atoms with Crippen molar-refractivity contribution in [1.29, 1.82) is 0 Å². The Hall–Kier alpha value is -0.980. The Kier molecular flexibility index (Phi) is 7.08. The first-order valence-corrected chi connectivity index (χ1v) is 5.17. The number of hydrogen-bond acceptors (Lipinski definition) is 1. The Morgan fingerprint density at radius 1 is 1.08 bits per heavy atom. The molecule has 0 amide bonds. The molecular formula is C12H21N. The zero-order valence-electron chi connectivity index (χ0n) is 9.01. The summed E-state index contributed by atoms with van der Waals surface area (Å²) in [7, 11) is 0. The summed E-state index contributed by atoms with van der Waals surface area (Å²) in [6, 6.07) is 8.13. The van der Waals surface area contributed by atoms with Crippen LogP contribution in [-0.4, -0.2) is 0 Å². The zero-order valence-corrected chi connectivity index (χ0v) is 9.01. The Labute approximate surface area is 82.0 Å². The minimum atomic E-state index is 0.852. The highest BCUT2D eigenvalue weighted by Crippen LogP contribution is 2.08. The number of aryl methyl sites for hydroxylation is 1. The molecule has 13 heavy (non-hydrogen) atoms. The summed E-state index contributed by atoms with van der Waals surface area (Å²) in [5.41, 5.74) is 7.80. The summed E-state index contributed by atoms with van der Waals surface area (Å²) in [5.74, 6) is 0. The van der Waals surface area contributed by atoms with Crippen LogP contribution in [0.3, 0.4) is 0 Å². The standard InChI is InChI=1S/C10H15N.C2H6/c1-2-3-4-9-5-7-10(11)8-6-9;1-2/h5-8H,2-4,11H2,1H3;1-2H3. The summed E-state index contributed by atoms with van der Waals surface area (Å²) in [6.45, 7) is 6.21. The molecule has 0 atom stereocenters. The Bertz CT molecular complexity index is 201. The van der Waals surface area contributed by atoms with Gasteiger partial charge in [0.15, 0.2) is 0 Å². The summed E-state index contributed by atoms with van der Waals surface area (Å²) in [5, 5.41) is 0. The van der Waals surface area contributed by atoms with Gasteiger partial charge in [-0.1, -0.05) is 39.3 Å². The third kappa shape index (κ3) is 5.29. The molecule has 0 aliphatic heterocycles. The molecule has 1 rings (SSSR count). The highest BCUT2D eigenvalue weighted by molar-refractivity contribution is 5.39. The fourth-order valence-corrected chi connectivity index (χ4v) is 1.07. The molecule has 0 spiro atoms. The Morgan fingerprint density at radius 2 is 1.62 bits per heavy atom. The van der Waals surface area contributed by atoms with E-state index in [1.54, 1.807) is 0 Å². The summed E-state index contributed by atoms with van der Waals surface area (Å²) < 4.78 is 0. The van der Waals surface area contributed by atoms with Gasteiger partial charge in [0.05, 0.1) is 0 Å². The molecule has 0 saturated carbocycles. The monoisotopic (exact) mass is 179 g/mol. The predicted octanol–water partition coefficient (Wildman–Crippen LogP) is 3.64. The Morgan fingerprint density at radius 3 is 2.08 bits per heavy atom. The fourth-order valence-electron chi connectivity index (χ4n) is 1.07. The van der Waals surface area contributed by atoms with Crippen molar-refractivity contribution >= 4 is 5.69 Å². The molecule has 0 saturated heterocycles. The van der Waals surface area contributed by atoms with Crippen LogP contribution >= 0.6 is 0 Å². The third-order valence-corrected chi connectivity index (χ3v) is 1.80. The number of benzene rings is 1. The number of anilines is 1. The van der Waals surface area contributed by atoms with Crippen molar-refractivity contribution in [2.75, 3.05) is 5.73 Å². The lowest BCUT2D eigenvalue weighted by atomic mass is 10.1. The maximum atomic E-state index is 5.56. The van der Waals surface area contributed by atoms with E-state index in [0.717, 1.165) is 5.69 Å². The highest BCUT2D eigenvalue weighted by Gasteiger charge is 1.90. The lowest BCUT2D eigenvalue weighted by molar-refractivity contribution is 0.795. The van der Waals surface area contributed by atoms with Gasteiger partial charge in [-0.15, -0.1) is 0 Å². The van der Waals surface area contributed by atoms with Crippen LogP contribution in [0.25, 0.3) is 0 Å². The Balaban J connectivity index is 0.000000671. The molecule has 0 heterocycles. The van der Waals surface area contributed by atoms with Gasteiger partial charge in [-0.05, 0) is 30.5 Å². The average molecular weight is 179 g/mol. The number of unbranched alkanes of at least 4 members (excludes halogenated alkanes) is 1. The normalized spacial score (nSPS) is 8.85. The van der Waals surface area contributed by atoms with Gasteiger partial charge in [0, 0.05) is 5.69 Å². The highest BCUT2D eigenvalue weighted by atomic mass is 14.5. The second-order valence-corrected chi connectivity index (χ2v) is 2.85. The van der Waals surface area contributed by atoms with E-state index in [1.165, 1.54) is 24.8 Å². The second kappa shape index (κ2) is 7.66. The van der Waals surface area contributed by atoms with Gasteiger partial charge in [0.1, 0.15) is 0 Å². The van der Waals surface area contributed by atoms with E-state index in [9.17, 15) is 0 Å². The quantitative estimate of drug-likeness (QED) is 0.704. The predicted molar refractivity (Wildman–Crippen MR) is 60.8 cm³/mol. The van der Waals surface area contributed by atoms with E-state index < -0.39 is 0 Å². The van der Waals surface area contributed by atoms with E-state index in [0.29, 0.717) is 0 Å². The molecule has 74 valence electrons. The van der Waals surface area contributed by atoms with Crippen LogP contribution in [-0.2, 0) is 6.42 Å². The lowest BCUT2D eigenvalue weighted by Gasteiger charge is -1.99. The largest absolute Gasteiger partial charge is 0.399 e. The lowest BCUT2D eigenvalue weighted by Crippen LogP contribution is -1.87. The van der Waals surface area contributed by atoms with Gasteiger partial charge in [-0.3, -0.25) is 0 Å². The van der Waals surface area contributed by atoms with E-state index in [1.807, 2.05) is 26.0 Å². The van der Waals surface area contributed by atoms with Crippen LogP contribution in [0.2, 0.25) is 0 Å². The van der Waals surface area contributed by atoms with Crippen LogP contribution in [0.15, 0.2) is 24.3 Å². The maximum Gasteiger partial charge on any atom is 0.0314 e. The van der Waals surface area contributed by atoms with Crippen LogP contribution in [0.4, 0.5) is 5.69 Å². The molecule has 1 nitrogen and oxygen atoms in total. The van der Waals surface area contributed by atoms with Gasteiger partial charge in [-0.25, -0.2) is 0 Å². The zero-order chi connectivity index (χ0) is 10.1. The van der Waals surface area contributed by atoms with E-state index in [2.05, 4.69) is 19.1 Å². The van der Waals surface area contributed by atoms with Crippen molar-refractivity contribution in [2.24, 2.45) is 0 Å². The molecule has 0 aromatic heterocycles. The number of hydrogen-bond donors (Lipinski definition) is 1. The van der Waals surface area contributed by atoms with Crippen LogP contribution in [0.1, 0.15) is 39.2 Å². The van der Waals surface area contributed by atoms with Crippen molar-refractivity contribution in [1.82, 2.24) is 0 Å². The SMILES string of the molecule is CC.CCCCc1ccc(N)cc1. The molecule has 1 aromatic rings.